The van der Waals surface area contributed by atoms with Crippen molar-refractivity contribution in [2.75, 3.05) is 39.0 Å². The summed E-state index contributed by atoms with van der Waals surface area (Å²) in [6.45, 7) is 1.83. The third kappa shape index (κ3) is 6.28. The van der Waals surface area contributed by atoms with Crippen LogP contribution >= 0.6 is 15.9 Å². The molecule has 0 unspecified atom stereocenters. The Kier molecular flexibility index (Phi) is 6.00. The predicted octanol–water partition coefficient (Wildman–Crippen LogP) is 1.54. The van der Waals surface area contributed by atoms with Crippen molar-refractivity contribution in [2.45, 2.75) is 0 Å². The molecule has 1 aromatic carbocycles. The second kappa shape index (κ2) is 7.29. The Hall–Kier alpha value is -1.07. The maximum absolute atomic E-state index is 11.5. The molecule has 0 atom stereocenters. The van der Waals surface area contributed by atoms with E-state index in [0.29, 0.717) is 13.1 Å². The first-order chi connectivity index (χ1) is 8.08. The molecule has 2 N–H and O–H groups in total. The van der Waals surface area contributed by atoms with Gasteiger partial charge in [-0.05, 0) is 38.4 Å². The van der Waals surface area contributed by atoms with E-state index in [1.165, 1.54) is 0 Å². The highest BCUT2D eigenvalue weighted by atomic mass is 79.9. The first-order valence-corrected chi connectivity index (χ1v) is 6.28. The lowest BCUT2D eigenvalue weighted by Crippen LogP contribution is -2.34. The molecule has 1 rings (SSSR count). The number of hydrogen-bond donors (Lipinski definition) is 2. The van der Waals surface area contributed by atoms with Gasteiger partial charge in [-0.15, -0.1) is 0 Å². The van der Waals surface area contributed by atoms with Crippen LogP contribution in [0, 0.1) is 0 Å². The highest BCUT2D eigenvalue weighted by Crippen LogP contribution is 2.13. The summed E-state index contributed by atoms with van der Waals surface area (Å²) in [7, 11) is 3.96. The summed E-state index contributed by atoms with van der Waals surface area (Å²) < 4.78 is 1.03. The Bertz CT molecular complexity index is 351. The van der Waals surface area contributed by atoms with E-state index in [2.05, 4.69) is 26.6 Å². The highest BCUT2D eigenvalue weighted by Gasteiger charge is 2.00. The van der Waals surface area contributed by atoms with Crippen LogP contribution in [0.25, 0.3) is 0 Å². The SMILES string of the molecule is CN(C)CCNC(=O)CNc1ccc(Br)cc1. The standard InChI is InChI=1S/C12H18BrN3O/c1-16(2)8-7-14-12(17)9-15-11-5-3-10(13)4-6-11/h3-6,15H,7-9H2,1-2H3,(H,14,17). The number of hydrogen-bond acceptors (Lipinski definition) is 3. The minimum absolute atomic E-state index is 0.00905. The lowest BCUT2D eigenvalue weighted by molar-refractivity contribution is -0.119. The number of amides is 1. The largest absolute Gasteiger partial charge is 0.376 e. The number of anilines is 1. The van der Waals surface area contributed by atoms with Crippen LogP contribution in [0.4, 0.5) is 5.69 Å². The summed E-state index contributed by atoms with van der Waals surface area (Å²) >= 11 is 3.36. The molecular weight excluding hydrogens is 282 g/mol. The van der Waals surface area contributed by atoms with E-state index < -0.39 is 0 Å². The Labute approximate surface area is 111 Å². The van der Waals surface area contributed by atoms with Crippen molar-refractivity contribution in [2.24, 2.45) is 0 Å². The molecule has 94 valence electrons. The maximum atomic E-state index is 11.5. The Morgan fingerprint density at radius 3 is 2.53 bits per heavy atom. The van der Waals surface area contributed by atoms with E-state index in [1.54, 1.807) is 0 Å². The van der Waals surface area contributed by atoms with Crippen molar-refractivity contribution in [3.63, 3.8) is 0 Å². The zero-order valence-corrected chi connectivity index (χ0v) is 11.8. The number of carbonyl (C=O) groups is 1. The summed E-state index contributed by atoms with van der Waals surface area (Å²) in [4.78, 5) is 13.5. The molecule has 1 aromatic rings. The van der Waals surface area contributed by atoms with E-state index in [9.17, 15) is 4.79 Å². The Morgan fingerprint density at radius 2 is 1.94 bits per heavy atom. The molecule has 0 aliphatic carbocycles. The molecule has 0 spiro atoms. The second-order valence-electron chi connectivity index (χ2n) is 4.01. The number of likely N-dealkylation sites (N-methyl/N-ethyl adjacent to an activating group) is 1. The topological polar surface area (TPSA) is 44.4 Å². The Morgan fingerprint density at radius 1 is 1.29 bits per heavy atom. The zero-order chi connectivity index (χ0) is 12.7. The monoisotopic (exact) mass is 299 g/mol. The fourth-order valence-corrected chi connectivity index (χ4v) is 1.50. The van der Waals surface area contributed by atoms with Gasteiger partial charge in [-0.25, -0.2) is 0 Å². The van der Waals surface area contributed by atoms with Crippen LogP contribution in [-0.4, -0.2) is 44.5 Å². The third-order valence-corrected chi connectivity index (χ3v) is 2.71. The Balaban J connectivity index is 2.21. The fraction of sp³-hybridized carbons (Fsp3) is 0.417. The summed E-state index contributed by atoms with van der Waals surface area (Å²) in [5.74, 6) is 0.00905. The first-order valence-electron chi connectivity index (χ1n) is 5.49. The molecule has 0 bridgehead atoms. The van der Waals surface area contributed by atoms with E-state index in [1.807, 2.05) is 43.3 Å². The lowest BCUT2D eigenvalue weighted by Gasteiger charge is -2.11. The van der Waals surface area contributed by atoms with E-state index in [4.69, 9.17) is 0 Å². The fourth-order valence-electron chi connectivity index (χ4n) is 1.23. The van der Waals surface area contributed by atoms with Gasteiger partial charge in [0, 0.05) is 23.2 Å². The molecule has 4 nitrogen and oxygen atoms in total. The van der Waals surface area contributed by atoms with E-state index in [-0.39, 0.29) is 5.91 Å². The summed E-state index contributed by atoms with van der Waals surface area (Å²) in [5.41, 5.74) is 0.941. The molecule has 0 fully saturated rings. The molecule has 1 amide bonds. The lowest BCUT2D eigenvalue weighted by atomic mass is 10.3. The number of carbonyl (C=O) groups excluding carboxylic acids is 1. The van der Waals surface area contributed by atoms with Crippen molar-refractivity contribution in [3.05, 3.63) is 28.7 Å². The van der Waals surface area contributed by atoms with Crippen LogP contribution in [0.3, 0.4) is 0 Å². The van der Waals surface area contributed by atoms with Crippen molar-refractivity contribution >= 4 is 27.5 Å². The zero-order valence-electron chi connectivity index (χ0n) is 10.2. The van der Waals surface area contributed by atoms with Gasteiger partial charge in [0.1, 0.15) is 0 Å². The number of halogens is 1. The van der Waals surface area contributed by atoms with E-state index >= 15 is 0 Å². The first kappa shape index (κ1) is 14.0. The van der Waals surface area contributed by atoms with Crippen molar-refractivity contribution in [1.29, 1.82) is 0 Å². The normalized spacial score (nSPS) is 10.4. The average Bonchev–Trinajstić information content (AvgIpc) is 2.28. The van der Waals surface area contributed by atoms with Crippen LogP contribution in [0.5, 0.6) is 0 Å². The number of nitrogens with one attached hydrogen (secondary N) is 2. The third-order valence-electron chi connectivity index (χ3n) is 2.18. The predicted molar refractivity (Wildman–Crippen MR) is 74.2 cm³/mol. The van der Waals surface area contributed by atoms with Gasteiger partial charge in [-0.2, -0.15) is 0 Å². The molecule has 5 heteroatoms. The van der Waals surface area contributed by atoms with Gasteiger partial charge < -0.3 is 15.5 Å². The number of rotatable bonds is 6. The van der Waals surface area contributed by atoms with Gasteiger partial charge in [0.15, 0.2) is 0 Å². The number of nitrogens with zero attached hydrogens (tertiary/aromatic N) is 1. The second-order valence-corrected chi connectivity index (χ2v) is 4.93. The van der Waals surface area contributed by atoms with Gasteiger partial charge in [0.05, 0.1) is 6.54 Å². The highest BCUT2D eigenvalue weighted by molar-refractivity contribution is 9.10. The van der Waals surface area contributed by atoms with E-state index in [0.717, 1.165) is 16.7 Å². The molecule has 0 saturated heterocycles. The molecule has 17 heavy (non-hydrogen) atoms. The van der Waals surface area contributed by atoms with Crippen molar-refractivity contribution in [1.82, 2.24) is 10.2 Å². The summed E-state index contributed by atoms with van der Waals surface area (Å²) in [6.07, 6.45) is 0. The summed E-state index contributed by atoms with van der Waals surface area (Å²) in [5, 5.41) is 5.91. The van der Waals surface area contributed by atoms with Gasteiger partial charge in [-0.3, -0.25) is 4.79 Å². The summed E-state index contributed by atoms with van der Waals surface area (Å²) in [6, 6.07) is 7.73. The van der Waals surface area contributed by atoms with Crippen LogP contribution < -0.4 is 10.6 Å². The molecule has 0 radical (unpaired) electrons. The van der Waals surface area contributed by atoms with Gasteiger partial charge >= 0.3 is 0 Å². The smallest absolute Gasteiger partial charge is 0.239 e. The van der Waals surface area contributed by atoms with Crippen molar-refractivity contribution < 1.29 is 4.79 Å². The molecule has 0 aliphatic rings. The van der Waals surface area contributed by atoms with Gasteiger partial charge in [0.25, 0.3) is 0 Å². The molecule has 0 heterocycles. The van der Waals surface area contributed by atoms with Crippen LogP contribution in [0.2, 0.25) is 0 Å². The van der Waals surface area contributed by atoms with Gasteiger partial charge in [0.2, 0.25) is 5.91 Å². The van der Waals surface area contributed by atoms with Crippen LogP contribution in [0.1, 0.15) is 0 Å². The minimum atomic E-state index is 0.00905. The van der Waals surface area contributed by atoms with Gasteiger partial charge in [-0.1, -0.05) is 15.9 Å². The van der Waals surface area contributed by atoms with Crippen LogP contribution in [-0.2, 0) is 4.79 Å². The van der Waals surface area contributed by atoms with Crippen LogP contribution in [0.15, 0.2) is 28.7 Å². The molecule has 0 saturated carbocycles. The quantitative estimate of drug-likeness (QED) is 0.837. The minimum Gasteiger partial charge on any atom is -0.376 e. The number of benzene rings is 1. The molecule has 0 aliphatic heterocycles. The average molecular weight is 300 g/mol. The molecule has 0 aromatic heterocycles. The maximum Gasteiger partial charge on any atom is 0.239 e. The van der Waals surface area contributed by atoms with Crippen molar-refractivity contribution in [3.8, 4) is 0 Å². The molecular formula is C12H18BrN3O.